The van der Waals surface area contributed by atoms with Gasteiger partial charge in [0.1, 0.15) is 5.58 Å². The summed E-state index contributed by atoms with van der Waals surface area (Å²) >= 11 is 0. The van der Waals surface area contributed by atoms with E-state index in [9.17, 15) is 4.79 Å². The van der Waals surface area contributed by atoms with E-state index >= 15 is 0 Å². The lowest BCUT2D eigenvalue weighted by Crippen LogP contribution is -2.31. The maximum absolute atomic E-state index is 11.9. The molecular weight excluding hydrogens is 316 g/mol. The van der Waals surface area contributed by atoms with Crippen molar-refractivity contribution in [1.82, 2.24) is 20.3 Å². The molecule has 0 saturated heterocycles. The fourth-order valence-electron chi connectivity index (χ4n) is 3.15. The van der Waals surface area contributed by atoms with Gasteiger partial charge in [-0.3, -0.25) is 4.79 Å². The number of furan rings is 1. The third kappa shape index (κ3) is 2.30. The Labute approximate surface area is 142 Å². The number of aromatic amines is 1. The van der Waals surface area contributed by atoms with E-state index in [1.54, 1.807) is 6.20 Å². The topological polar surface area (TPSA) is 83.8 Å². The maximum Gasteiger partial charge on any atom is 0.253 e. The molecule has 122 valence electrons. The van der Waals surface area contributed by atoms with Gasteiger partial charge in [-0.25, -0.2) is 9.97 Å². The number of hydrogen-bond acceptors (Lipinski definition) is 4. The number of H-pyrrole nitrogens is 1. The summed E-state index contributed by atoms with van der Waals surface area (Å²) in [4.78, 5) is 24.2. The number of rotatable bonds is 2. The molecule has 5 rings (SSSR count). The van der Waals surface area contributed by atoms with E-state index in [1.807, 2.05) is 42.5 Å². The fourth-order valence-corrected chi connectivity index (χ4v) is 3.15. The quantitative estimate of drug-likeness (QED) is 0.591. The predicted octanol–water partition coefficient (Wildman–Crippen LogP) is 3.17. The monoisotopic (exact) mass is 330 g/mol. The Morgan fingerprint density at radius 1 is 1.12 bits per heavy atom. The van der Waals surface area contributed by atoms with Crippen LogP contribution in [0.15, 0.2) is 53.1 Å². The zero-order chi connectivity index (χ0) is 16.8. The van der Waals surface area contributed by atoms with Gasteiger partial charge in [-0.2, -0.15) is 0 Å². The molecule has 6 heteroatoms. The molecular formula is C19H14N4O2. The molecule has 1 aliphatic rings. The maximum atomic E-state index is 11.9. The first-order valence-electron chi connectivity index (χ1n) is 8.10. The number of carbonyl (C=O) groups is 1. The van der Waals surface area contributed by atoms with Crippen molar-refractivity contribution in [1.29, 1.82) is 0 Å². The molecule has 3 aromatic heterocycles. The number of carbonyl (C=O) groups excluding carboxylic acids is 1. The van der Waals surface area contributed by atoms with Crippen LogP contribution in [0.5, 0.6) is 0 Å². The summed E-state index contributed by atoms with van der Waals surface area (Å²) in [5.74, 6) is 1.10. The molecule has 0 atom stereocenters. The van der Waals surface area contributed by atoms with Gasteiger partial charge >= 0.3 is 0 Å². The average molecular weight is 330 g/mol. The fraction of sp³-hybridized carbons (Fsp3) is 0.105. The highest BCUT2D eigenvalue weighted by Gasteiger charge is 2.20. The van der Waals surface area contributed by atoms with Crippen molar-refractivity contribution in [3.05, 3.63) is 59.9 Å². The summed E-state index contributed by atoms with van der Waals surface area (Å²) in [6.07, 6.45) is 2.49. The average Bonchev–Trinajstić information content (AvgIpc) is 3.27. The van der Waals surface area contributed by atoms with E-state index in [1.165, 1.54) is 0 Å². The van der Waals surface area contributed by atoms with Crippen molar-refractivity contribution >= 4 is 16.9 Å². The van der Waals surface area contributed by atoms with Crippen LogP contribution in [-0.4, -0.2) is 27.4 Å². The highest BCUT2D eigenvalue weighted by Crippen LogP contribution is 2.27. The van der Waals surface area contributed by atoms with E-state index < -0.39 is 0 Å². The second-order valence-electron chi connectivity index (χ2n) is 6.00. The lowest BCUT2D eigenvalue weighted by Gasteiger charge is -2.10. The molecule has 25 heavy (non-hydrogen) atoms. The summed E-state index contributed by atoms with van der Waals surface area (Å²) in [5.41, 5.74) is 3.97. The van der Waals surface area contributed by atoms with Gasteiger partial charge in [-0.05, 0) is 24.3 Å². The molecule has 6 nitrogen and oxygen atoms in total. The number of nitrogens with one attached hydrogen (secondary N) is 2. The van der Waals surface area contributed by atoms with Gasteiger partial charge in [0.2, 0.25) is 0 Å². The number of benzene rings is 1. The summed E-state index contributed by atoms with van der Waals surface area (Å²) in [6, 6.07) is 13.4. The normalized spacial score (nSPS) is 13.7. The van der Waals surface area contributed by atoms with Crippen LogP contribution in [-0.2, 0) is 6.42 Å². The molecule has 1 aliphatic heterocycles. The third-order valence-corrected chi connectivity index (χ3v) is 4.38. The molecule has 0 spiro atoms. The minimum absolute atomic E-state index is 0.0460. The Morgan fingerprint density at radius 2 is 2.04 bits per heavy atom. The lowest BCUT2D eigenvalue weighted by atomic mass is 10.1. The summed E-state index contributed by atoms with van der Waals surface area (Å²) in [7, 11) is 0. The van der Waals surface area contributed by atoms with Crippen molar-refractivity contribution in [2.45, 2.75) is 6.42 Å². The molecule has 0 unspecified atom stereocenters. The molecule has 4 aromatic rings. The lowest BCUT2D eigenvalue weighted by molar-refractivity contribution is 0.0946. The van der Waals surface area contributed by atoms with Gasteiger partial charge in [-0.15, -0.1) is 0 Å². The Bertz CT molecular complexity index is 1080. The van der Waals surface area contributed by atoms with E-state index in [0.29, 0.717) is 23.7 Å². The third-order valence-electron chi connectivity index (χ3n) is 4.38. The van der Waals surface area contributed by atoms with Gasteiger partial charge in [-0.1, -0.05) is 18.2 Å². The second-order valence-corrected chi connectivity index (χ2v) is 6.00. The van der Waals surface area contributed by atoms with Crippen LogP contribution in [0, 0.1) is 0 Å². The number of para-hydroxylation sites is 1. The summed E-state index contributed by atoms with van der Waals surface area (Å²) in [5, 5.41) is 3.86. The molecule has 1 aromatic carbocycles. The molecule has 0 bridgehead atoms. The molecule has 4 heterocycles. The highest BCUT2D eigenvalue weighted by molar-refractivity contribution is 5.97. The zero-order valence-corrected chi connectivity index (χ0v) is 13.2. The predicted molar refractivity (Wildman–Crippen MR) is 93.1 cm³/mol. The van der Waals surface area contributed by atoms with Crippen LogP contribution in [0.4, 0.5) is 0 Å². The Hall–Kier alpha value is -3.41. The van der Waals surface area contributed by atoms with Crippen LogP contribution < -0.4 is 5.32 Å². The van der Waals surface area contributed by atoms with Crippen LogP contribution in [0.3, 0.4) is 0 Å². The second kappa shape index (κ2) is 5.31. The highest BCUT2D eigenvalue weighted by atomic mass is 16.3. The van der Waals surface area contributed by atoms with Crippen molar-refractivity contribution in [2.24, 2.45) is 0 Å². The smallest absolute Gasteiger partial charge is 0.253 e. The van der Waals surface area contributed by atoms with Crippen molar-refractivity contribution in [2.75, 3.05) is 6.54 Å². The van der Waals surface area contributed by atoms with Crippen LogP contribution >= 0.6 is 0 Å². The first kappa shape index (κ1) is 14.0. The van der Waals surface area contributed by atoms with Crippen molar-refractivity contribution in [3.8, 4) is 23.0 Å². The number of amides is 1. The molecule has 0 radical (unpaired) electrons. The van der Waals surface area contributed by atoms with Crippen molar-refractivity contribution < 1.29 is 9.21 Å². The van der Waals surface area contributed by atoms with Crippen molar-refractivity contribution in [3.63, 3.8) is 0 Å². The molecule has 0 fully saturated rings. The van der Waals surface area contributed by atoms with Gasteiger partial charge in [0, 0.05) is 30.2 Å². The Balaban J connectivity index is 1.58. The molecule has 0 saturated carbocycles. The van der Waals surface area contributed by atoms with E-state index in [2.05, 4.69) is 20.3 Å². The summed E-state index contributed by atoms with van der Waals surface area (Å²) < 4.78 is 5.84. The van der Waals surface area contributed by atoms with E-state index in [-0.39, 0.29) is 5.91 Å². The standard InChI is InChI=1S/C19H14N4O2/c24-19-12-10-15(22-13(12)5-8-21-19)14-6-7-20-18(23-14)17-9-11-3-1-2-4-16(11)25-17/h1-4,6-7,9-10,22H,5,8H2,(H,21,24). The first-order valence-corrected chi connectivity index (χ1v) is 8.10. The van der Waals surface area contributed by atoms with E-state index in [0.717, 1.165) is 34.5 Å². The number of aromatic nitrogens is 3. The molecule has 2 N–H and O–H groups in total. The van der Waals surface area contributed by atoms with Crippen LogP contribution in [0.2, 0.25) is 0 Å². The minimum Gasteiger partial charge on any atom is -0.453 e. The number of nitrogens with zero attached hydrogens (tertiary/aromatic N) is 2. The van der Waals surface area contributed by atoms with Crippen LogP contribution in [0.25, 0.3) is 33.9 Å². The number of fused-ring (bicyclic) bond motifs is 2. The minimum atomic E-state index is -0.0460. The SMILES string of the molecule is O=C1NCCc2[nH]c(-c3ccnc(-c4cc5ccccc5o4)n3)cc21. The van der Waals surface area contributed by atoms with Gasteiger partial charge in [0.05, 0.1) is 17.0 Å². The Kier molecular flexibility index (Phi) is 2.97. The van der Waals surface area contributed by atoms with E-state index in [4.69, 9.17) is 4.42 Å². The largest absolute Gasteiger partial charge is 0.453 e. The Morgan fingerprint density at radius 3 is 2.92 bits per heavy atom. The first-order chi connectivity index (χ1) is 12.3. The molecule has 0 aliphatic carbocycles. The van der Waals surface area contributed by atoms with Gasteiger partial charge in [0.25, 0.3) is 5.91 Å². The van der Waals surface area contributed by atoms with Gasteiger partial charge in [0.15, 0.2) is 11.6 Å². The molecule has 1 amide bonds. The van der Waals surface area contributed by atoms with Crippen LogP contribution in [0.1, 0.15) is 16.1 Å². The van der Waals surface area contributed by atoms with Gasteiger partial charge < -0.3 is 14.7 Å². The summed E-state index contributed by atoms with van der Waals surface area (Å²) in [6.45, 7) is 0.653. The zero-order valence-electron chi connectivity index (χ0n) is 13.2. The number of hydrogen-bond donors (Lipinski definition) is 2.